The summed E-state index contributed by atoms with van der Waals surface area (Å²) in [6.07, 6.45) is 3.49. The second-order valence-electron chi connectivity index (χ2n) is 1.72. The van der Waals surface area contributed by atoms with Gasteiger partial charge in [-0.1, -0.05) is 12.2 Å². The second-order valence-corrected chi connectivity index (χ2v) is 2.03. The maximum absolute atomic E-state index is 10.4. The Bertz CT molecular complexity index is 134. The van der Waals surface area contributed by atoms with Crippen molar-refractivity contribution in [2.24, 2.45) is 0 Å². The van der Waals surface area contributed by atoms with E-state index in [1.54, 1.807) is 12.2 Å². The van der Waals surface area contributed by atoms with E-state index in [9.17, 15) is 4.79 Å². The molecule has 0 aromatic heterocycles. The standard InChI is InChI=1S/C7H11ClO3/c1-10-7(9)6-11-5-3-2-4-8/h2-3H,4-6H2,1H3. The van der Waals surface area contributed by atoms with Gasteiger partial charge in [-0.25, -0.2) is 4.79 Å². The first-order valence-corrected chi connectivity index (χ1v) is 3.70. The molecule has 11 heavy (non-hydrogen) atoms. The molecule has 0 heterocycles. The molecule has 0 radical (unpaired) electrons. The molecule has 0 aliphatic carbocycles. The molecule has 0 N–H and O–H groups in total. The summed E-state index contributed by atoms with van der Waals surface area (Å²) in [5, 5.41) is 0. The van der Waals surface area contributed by atoms with Crippen LogP contribution in [0.25, 0.3) is 0 Å². The Balaban J connectivity index is 3.14. The van der Waals surface area contributed by atoms with E-state index in [0.29, 0.717) is 12.5 Å². The second kappa shape index (κ2) is 7.57. The van der Waals surface area contributed by atoms with Crippen molar-refractivity contribution < 1.29 is 14.3 Å². The van der Waals surface area contributed by atoms with E-state index in [4.69, 9.17) is 16.3 Å². The lowest BCUT2D eigenvalue weighted by molar-refractivity contribution is -0.145. The van der Waals surface area contributed by atoms with Gasteiger partial charge in [-0.15, -0.1) is 11.6 Å². The van der Waals surface area contributed by atoms with E-state index in [2.05, 4.69) is 4.74 Å². The molecule has 0 rings (SSSR count). The number of rotatable bonds is 5. The van der Waals surface area contributed by atoms with E-state index >= 15 is 0 Å². The van der Waals surface area contributed by atoms with E-state index in [1.807, 2.05) is 0 Å². The van der Waals surface area contributed by atoms with Gasteiger partial charge < -0.3 is 9.47 Å². The zero-order chi connectivity index (χ0) is 8.53. The topological polar surface area (TPSA) is 35.5 Å². The smallest absolute Gasteiger partial charge is 0.331 e. The molecule has 0 aromatic carbocycles. The Morgan fingerprint density at radius 2 is 2.27 bits per heavy atom. The molecule has 0 saturated heterocycles. The monoisotopic (exact) mass is 178 g/mol. The summed E-state index contributed by atoms with van der Waals surface area (Å²) in [6, 6.07) is 0. The van der Waals surface area contributed by atoms with Crippen LogP contribution in [0, 0.1) is 0 Å². The van der Waals surface area contributed by atoms with Gasteiger partial charge in [0.25, 0.3) is 0 Å². The third-order valence-corrected chi connectivity index (χ3v) is 1.10. The minimum atomic E-state index is -0.371. The highest BCUT2D eigenvalue weighted by Crippen LogP contribution is 1.82. The summed E-state index contributed by atoms with van der Waals surface area (Å²) in [5.74, 6) is 0.0889. The summed E-state index contributed by atoms with van der Waals surface area (Å²) >= 11 is 5.34. The molecule has 0 amide bonds. The lowest BCUT2D eigenvalue weighted by Gasteiger charge is -1.97. The molecule has 0 bridgehead atoms. The molecule has 0 spiro atoms. The van der Waals surface area contributed by atoms with Crippen LogP contribution in [0.2, 0.25) is 0 Å². The van der Waals surface area contributed by atoms with Crippen LogP contribution in [0.4, 0.5) is 0 Å². The lowest BCUT2D eigenvalue weighted by Crippen LogP contribution is -2.09. The van der Waals surface area contributed by atoms with Gasteiger partial charge in [0.05, 0.1) is 13.7 Å². The largest absolute Gasteiger partial charge is 0.467 e. The van der Waals surface area contributed by atoms with Crippen molar-refractivity contribution in [1.29, 1.82) is 0 Å². The van der Waals surface area contributed by atoms with Crippen molar-refractivity contribution >= 4 is 17.6 Å². The number of esters is 1. The quantitative estimate of drug-likeness (QED) is 0.272. The Hall–Kier alpha value is -0.540. The fraction of sp³-hybridized carbons (Fsp3) is 0.571. The number of carbonyl (C=O) groups excluding carboxylic acids is 1. The Kier molecular flexibility index (Phi) is 7.19. The Morgan fingerprint density at radius 3 is 2.82 bits per heavy atom. The molecule has 0 aliphatic rings. The summed E-state index contributed by atoms with van der Waals surface area (Å²) in [4.78, 5) is 10.4. The van der Waals surface area contributed by atoms with Gasteiger partial charge in [-0.3, -0.25) is 0 Å². The molecule has 0 unspecified atom stereocenters. The van der Waals surface area contributed by atoms with Crippen LogP contribution in [0.3, 0.4) is 0 Å². The van der Waals surface area contributed by atoms with Crippen LogP contribution in [0.1, 0.15) is 0 Å². The van der Waals surface area contributed by atoms with E-state index in [-0.39, 0.29) is 12.6 Å². The summed E-state index contributed by atoms with van der Waals surface area (Å²) in [7, 11) is 1.32. The molecular weight excluding hydrogens is 168 g/mol. The van der Waals surface area contributed by atoms with Gasteiger partial charge >= 0.3 is 5.97 Å². The van der Waals surface area contributed by atoms with Crippen LogP contribution in [-0.2, 0) is 14.3 Å². The number of halogens is 1. The maximum Gasteiger partial charge on any atom is 0.331 e. The predicted molar refractivity (Wildman–Crippen MR) is 42.7 cm³/mol. The fourth-order valence-corrected chi connectivity index (χ4v) is 0.526. The van der Waals surface area contributed by atoms with Gasteiger partial charge in [0.1, 0.15) is 6.61 Å². The van der Waals surface area contributed by atoms with Crippen molar-refractivity contribution in [3.63, 3.8) is 0 Å². The molecule has 0 atom stereocenters. The van der Waals surface area contributed by atoms with E-state index < -0.39 is 0 Å². The van der Waals surface area contributed by atoms with Gasteiger partial charge in [0.2, 0.25) is 0 Å². The van der Waals surface area contributed by atoms with Crippen LogP contribution in [0.15, 0.2) is 12.2 Å². The zero-order valence-corrected chi connectivity index (χ0v) is 7.13. The summed E-state index contributed by atoms with van der Waals surface area (Å²) in [6.45, 7) is 0.380. The number of alkyl halides is 1. The van der Waals surface area contributed by atoms with Crippen LogP contribution < -0.4 is 0 Å². The molecule has 0 aliphatic heterocycles. The maximum atomic E-state index is 10.4. The SMILES string of the molecule is COC(=O)COCC=CCCl. The number of hydrogen-bond donors (Lipinski definition) is 0. The minimum absolute atomic E-state index is 0.0108. The fourth-order valence-electron chi connectivity index (χ4n) is 0.400. The number of ether oxygens (including phenoxy) is 2. The highest BCUT2D eigenvalue weighted by atomic mass is 35.5. The lowest BCUT2D eigenvalue weighted by atomic mass is 10.5. The van der Waals surface area contributed by atoms with Gasteiger partial charge in [-0.05, 0) is 0 Å². The van der Waals surface area contributed by atoms with E-state index in [1.165, 1.54) is 7.11 Å². The highest BCUT2D eigenvalue weighted by molar-refractivity contribution is 6.18. The average Bonchev–Trinajstić information content (AvgIpc) is 2.04. The average molecular weight is 179 g/mol. The Labute approximate surface area is 70.9 Å². The Morgan fingerprint density at radius 1 is 1.55 bits per heavy atom. The molecular formula is C7H11ClO3. The third-order valence-electron chi connectivity index (χ3n) is 0.917. The van der Waals surface area contributed by atoms with Gasteiger partial charge in [0, 0.05) is 5.88 Å². The molecule has 0 saturated carbocycles. The van der Waals surface area contributed by atoms with Crippen molar-refractivity contribution in [2.45, 2.75) is 0 Å². The van der Waals surface area contributed by atoms with Crippen molar-refractivity contribution in [3.05, 3.63) is 12.2 Å². The van der Waals surface area contributed by atoms with Crippen LogP contribution in [-0.4, -0.2) is 32.2 Å². The first kappa shape index (κ1) is 10.5. The first-order chi connectivity index (χ1) is 5.31. The molecule has 64 valence electrons. The van der Waals surface area contributed by atoms with Gasteiger partial charge in [0.15, 0.2) is 0 Å². The first-order valence-electron chi connectivity index (χ1n) is 3.16. The zero-order valence-electron chi connectivity index (χ0n) is 6.38. The molecule has 4 heteroatoms. The number of allylic oxidation sites excluding steroid dienone is 1. The number of methoxy groups -OCH3 is 1. The summed E-state index contributed by atoms with van der Waals surface area (Å²) < 4.78 is 9.21. The molecule has 0 aromatic rings. The number of carbonyl (C=O) groups is 1. The predicted octanol–water partition coefficient (Wildman–Crippen LogP) is 0.971. The van der Waals surface area contributed by atoms with Gasteiger partial charge in [-0.2, -0.15) is 0 Å². The molecule has 3 nitrogen and oxygen atoms in total. The van der Waals surface area contributed by atoms with Crippen LogP contribution >= 0.6 is 11.6 Å². The third kappa shape index (κ3) is 7.36. The normalized spacial score (nSPS) is 10.4. The van der Waals surface area contributed by atoms with E-state index in [0.717, 1.165) is 0 Å². The van der Waals surface area contributed by atoms with Crippen LogP contribution in [0.5, 0.6) is 0 Å². The minimum Gasteiger partial charge on any atom is -0.467 e. The van der Waals surface area contributed by atoms with Crippen molar-refractivity contribution in [2.75, 3.05) is 26.2 Å². The van der Waals surface area contributed by atoms with Crippen molar-refractivity contribution in [1.82, 2.24) is 0 Å². The van der Waals surface area contributed by atoms with Crippen molar-refractivity contribution in [3.8, 4) is 0 Å². The number of hydrogen-bond acceptors (Lipinski definition) is 3. The molecule has 0 fully saturated rings. The highest BCUT2D eigenvalue weighted by Gasteiger charge is 1.96. The summed E-state index contributed by atoms with van der Waals surface area (Å²) in [5.41, 5.74) is 0.